The van der Waals surface area contributed by atoms with E-state index in [1.165, 1.54) is 0 Å². The Morgan fingerprint density at radius 3 is 2.20 bits per heavy atom. The molecule has 3 N–H and O–H groups in total. The maximum atomic E-state index is 10.4. The number of nitrogens with one attached hydrogen (secondary N) is 1. The first-order chi connectivity index (χ1) is 17.0. The molecule has 0 aliphatic heterocycles. The molecule has 0 radical (unpaired) electrons. The summed E-state index contributed by atoms with van der Waals surface area (Å²) in [5.41, 5.74) is 2.85. The molecule has 0 amide bonds. The molecule has 4 aromatic rings. The van der Waals surface area contributed by atoms with Crippen LogP contribution in [0.2, 0.25) is 5.02 Å². The van der Waals surface area contributed by atoms with Gasteiger partial charge in [-0.2, -0.15) is 0 Å². The zero-order chi connectivity index (χ0) is 24.6. The van der Waals surface area contributed by atoms with Gasteiger partial charge in [0.05, 0.1) is 6.10 Å². The van der Waals surface area contributed by atoms with Crippen molar-refractivity contribution in [3.05, 3.63) is 108 Å². The smallest absolute Gasteiger partial charge is 0.128 e. The van der Waals surface area contributed by atoms with E-state index in [-0.39, 0.29) is 11.8 Å². The highest BCUT2D eigenvalue weighted by atomic mass is 35.5. The Bertz CT molecular complexity index is 1210. The summed E-state index contributed by atoms with van der Waals surface area (Å²) in [6.07, 6.45) is -0.672. The lowest BCUT2D eigenvalue weighted by atomic mass is 10.0. The zero-order valence-corrected chi connectivity index (χ0v) is 20.2. The van der Waals surface area contributed by atoms with E-state index in [1.807, 2.05) is 67.6 Å². The van der Waals surface area contributed by atoms with Crippen LogP contribution in [0.5, 0.6) is 23.0 Å². The maximum Gasteiger partial charge on any atom is 0.128 e. The Balaban J connectivity index is 1.27. The highest BCUT2D eigenvalue weighted by molar-refractivity contribution is 6.30. The van der Waals surface area contributed by atoms with Crippen LogP contribution in [0.25, 0.3) is 11.1 Å². The van der Waals surface area contributed by atoms with E-state index in [2.05, 4.69) is 5.32 Å². The van der Waals surface area contributed by atoms with Gasteiger partial charge in [-0.05, 0) is 84.3 Å². The molecule has 0 aliphatic carbocycles. The Morgan fingerprint density at radius 2 is 1.49 bits per heavy atom. The van der Waals surface area contributed by atoms with Crippen molar-refractivity contribution in [1.82, 2.24) is 5.32 Å². The van der Waals surface area contributed by atoms with Crippen LogP contribution in [0.3, 0.4) is 0 Å². The van der Waals surface area contributed by atoms with Crippen molar-refractivity contribution in [2.45, 2.75) is 19.1 Å². The fraction of sp³-hybridized carbons (Fsp3) is 0.172. The molecular weight excluding hydrogens is 462 g/mol. The van der Waals surface area contributed by atoms with Crippen LogP contribution in [0, 0.1) is 0 Å². The predicted octanol–water partition coefficient (Wildman–Crippen LogP) is 6.60. The molecule has 4 rings (SSSR count). The van der Waals surface area contributed by atoms with Gasteiger partial charge in [-0.1, -0.05) is 48.0 Å². The Kier molecular flexibility index (Phi) is 8.27. The van der Waals surface area contributed by atoms with E-state index >= 15 is 0 Å². The Morgan fingerprint density at radius 1 is 0.800 bits per heavy atom. The van der Waals surface area contributed by atoms with E-state index in [0.717, 1.165) is 33.9 Å². The van der Waals surface area contributed by atoms with Crippen LogP contribution in [0.1, 0.15) is 18.6 Å². The van der Waals surface area contributed by atoms with Crippen molar-refractivity contribution in [3.8, 4) is 34.1 Å². The van der Waals surface area contributed by atoms with Crippen LogP contribution in [-0.2, 0) is 0 Å². The van der Waals surface area contributed by atoms with E-state index < -0.39 is 6.10 Å². The second-order valence-electron chi connectivity index (χ2n) is 8.24. The zero-order valence-electron chi connectivity index (χ0n) is 19.4. The highest BCUT2D eigenvalue weighted by Gasteiger charge is 2.15. The molecule has 35 heavy (non-hydrogen) atoms. The predicted molar refractivity (Wildman–Crippen MR) is 139 cm³/mol. The minimum atomic E-state index is -0.672. The van der Waals surface area contributed by atoms with Gasteiger partial charge in [0.15, 0.2) is 0 Å². The summed E-state index contributed by atoms with van der Waals surface area (Å²) in [4.78, 5) is 0. The third-order valence-electron chi connectivity index (χ3n) is 5.62. The third-order valence-corrected chi connectivity index (χ3v) is 5.87. The minimum absolute atomic E-state index is 0.159. The molecule has 6 heteroatoms. The molecule has 0 unspecified atom stereocenters. The average Bonchev–Trinajstić information content (AvgIpc) is 2.88. The molecule has 180 valence electrons. The van der Waals surface area contributed by atoms with Gasteiger partial charge >= 0.3 is 0 Å². The van der Waals surface area contributed by atoms with Crippen molar-refractivity contribution in [1.29, 1.82) is 0 Å². The number of phenols is 1. The number of aliphatic hydroxyl groups is 1. The van der Waals surface area contributed by atoms with Gasteiger partial charge in [0.1, 0.15) is 29.6 Å². The van der Waals surface area contributed by atoms with Crippen molar-refractivity contribution in [2.24, 2.45) is 0 Å². The number of phenolic OH excluding ortho intramolecular Hbond substituents is 1. The van der Waals surface area contributed by atoms with E-state index in [9.17, 15) is 10.2 Å². The SMILES string of the molecule is C[C@@H](NCCOc1ccc(-c2cccc(Oc3ccc(Cl)cc3)c2)cc1)[C@@H](O)c1ccc(O)cc1. The molecule has 0 fully saturated rings. The van der Waals surface area contributed by atoms with Crippen LogP contribution >= 0.6 is 11.6 Å². The summed E-state index contributed by atoms with van der Waals surface area (Å²) in [6.45, 7) is 2.97. The molecule has 4 aromatic carbocycles. The van der Waals surface area contributed by atoms with Gasteiger partial charge in [0, 0.05) is 17.6 Å². The van der Waals surface area contributed by atoms with E-state index in [1.54, 1.807) is 36.4 Å². The van der Waals surface area contributed by atoms with Crippen molar-refractivity contribution in [2.75, 3.05) is 13.2 Å². The van der Waals surface area contributed by atoms with Gasteiger partial charge in [-0.15, -0.1) is 0 Å². The van der Waals surface area contributed by atoms with Crippen LogP contribution in [0.4, 0.5) is 0 Å². The number of aliphatic hydroxyl groups excluding tert-OH is 1. The Labute approximate surface area is 210 Å². The van der Waals surface area contributed by atoms with Crippen LogP contribution < -0.4 is 14.8 Å². The average molecular weight is 490 g/mol. The molecule has 0 bridgehead atoms. The quantitative estimate of drug-likeness (QED) is 0.219. The monoisotopic (exact) mass is 489 g/mol. The normalized spacial score (nSPS) is 12.7. The molecule has 2 atom stereocenters. The summed E-state index contributed by atoms with van der Waals surface area (Å²) in [5.74, 6) is 2.43. The number of rotatable bonds is 10. The summed E-state index contributed by atoms with van der Waals surface area (Å²) in [6, 6.07) is 29.5. The van der Waals surface area contributed by atoms with Crippen LogP contribution in [0.15, 0.2) is 97.1 Å². The van der Waals surface area contributed by atoms with Crippen LogP contribution in [-0.4, -0.2) is 29.4 Å². The lowest BCUT2D eigenvalue weighted by Crippen LogP contribution is -2.35. The van der Waals surface area contributed by atoms with Gasteiger partial charge in [0.25, 0.3) is 0 Å². The number of benzene rings is 4. The lowest BCUT2D eigenvalue weighted by molar-refractivity contribution is 0.133. The molecular formula is C29H28ClNO4. The van der Waals surface area contributed by atoms with Gasteiger partial charge in [-0.3, -0.25) is 0 Å². The van der Waals surface area contributed by atoms with Gasteiger partial charge < -0.3 is 25.0 Å². The molecule has 0 spiro atoms. The second kappa shape index (κ2) is 11.8. The first-order valence-electron chi connectivity index (χ1n) is 11.4. The first-order valence-corrected chi connectivity index (χ1v) is 11.8. The molecule has 0 heterocycles. The molecule has 0 saturated carbocycles. The summed E-state index contributed by atoms with van der Waals surface area (Å²) < 4.78 is 11.8. The number of hydrogen-bond acceptors (Lipinski definition) is 5. The molecule has 0 aromatic heterocycles. The topological polar surface area (TPSA) is 71.0 Å². The number of halogens is 1. The third kappa shape index (κ3) is 6.99. The number of hydrogen-bond donors (Lipinski definition) is 3. The van der Waals surface area contributed by atoms with Crippen molar-refractivity contribution >= 4 is 11.6 Å². The first kappa shape index (κ1) is 24.6. The molecule has 0 aliphatic rings. The summed E-state index contributed by atoms with van der Waals surface area (Å²) in [7, 11) is 0. The lowest BCUT2D eigenvalue weighted by Gasteiger charge is -2.21. The van der Waals surface area contributed by atoms with Crippen molar-refractivity contribution in [3.63, 3.8) is 0 Å². The molecule has 0 saturated heterocycles. The largest absolute Gasteiger partial charge is 0.508 e. The standard InChI is InChI=1S/C29H28ClNO4/c1-20(29(33)22-5-11-25(32)12-6-22)31-17-18-34-26-13-7-21(8-14-26)23-3-2-4-28(19-23)35-27-15-9-24(30)10-16-27/h2-16,19-20,29,31-33H,17-18H2,1H3/t20-,29-/m1/s1. The summed E-state index contributed by atoms with van der Waals surface area (Å²) >= 11 is 5.94. The maximum absolute atomic E-state index is 10.4. The van der Waals surface area contributed by atoms with E-state index in [0.29, 0.717) is 18.2 Å². The highest BCUT2D eigenvalue weighted by Crippen LogP contribution is 2.29. The fourth-order valence-corrected chi connectivity index (χ4v) is 3.77. The molecule has 5 nitrogen and oxygen atoms in total. The number of ether oxygens (including phenoxy) is 2. The Hall–Kier alpha value is -3.51. The van der Waals surface area contributed by atoms with Crippen molar-refractivity contribution < 1.29 is 19.7 Å². The van der Waals surface area contributed by atoms with Gasteiger partial charge in [0.2, 0.25) is 0 Å². The number of aromatic hydroxyl groups is 1. The summed E-state index contributed by atoms with van der Waals surface area (Å²) in [5, 5.41) is 23.8. The van der Waals surface area contributed by atoms with E-state index in [4.69, 9.17) is 21.1 Å². The van der Waals surface area contributed by atoms with Gasteiger partial charge in [-0.25, -0.2) is 0 Å². The second-order valence-corrected chi connectivity index (χ2v) is 8.67. The fourth-order valence-electron chi connectivity index (χ4n) is 3.65. The minimum Gasteiger partial charge on any atom is -0.508 e.